The average Bonchev–Trinajstić information content (AvgIpc) is 3.54. The van der Waals surface area contributed by atoms with Crippen LogP contribution in [0.25, 0.3) is 44.5 Å². The summed E-state index contributed by atoms with van der Waals surface area (Å²) in [5, 5.41) is 5.68. The third-order valence-electron chi connectivity index (χ3n) is 7.15. The molecule has 0 saturated heterocycles. The molecule has 1 aliphatic rings. The fraction of sp³-hybridized carbons (Fsp3) is 0.179. The maximum absolute atomic E-state index is 14.6. The van der Waals surface area contributed by atoms with Gasteiger partial charge in [0.25, 0.3) is 11.8 Å². The van der Waals surface area contributed by atoms with E-state index in [1.54, 1.807) is 41.0 Å². The fourth-order valence-electron chi connectivity index (χ4n) is 5.01. The first kappa shape index (κ1) is 26.3. The number of halogens is 1. The van der Waals surface area contributed by atoms with E-state index in [0.717, 1.165) is 10.6 Å². The van der Waals surface area contributed by atoms with Crippen LogP contribution in [0.5, 0.6) is 5.75 Å². The Kier molecular flexibility index (Phi) is 5.99. The number of ether oxygens (including phenoxy) is 1. The topological polar surface area (TPSA) is 136 Å². The maximum atomic E-state index is 14.6. The summed E-state index contributed by atoms with van der Waals surface area (Å²) in [7, 11) is 0.455. The van der Waals surface area contributed by atoms with E-state index < -0.39 is 21.8 Å². The summed E-state index contributed by atoms with van der Waals surface area (Å²) in [5.41, 5.74) is 2.74. The van der Waals surface area contributed by atoms with Gasteiger partial charge in [0.05, 0.1) is 34.4 Å². The Hall–Kier alpha value is -4.91. The highest BCUT2D eigenvalue weighted by atomic mass is 32.2. The smallest absolute Gasteiger partial charge is 0.287 e. The number of carbonyl (C=O) groups excluding carboxylic acids is 2. The van der Waals surface area contributed by atoms with E-state index in [0.29, 0.717) is 39.3 Å². The van der Waals surface area contributed by atoms with Crippen molar-refractivity contribution < 1.29 is 31.6 Å². The molecule has 2 amide bonds. The van der Waals surface area contributed by atoms with Gasteiger partial charge in [-0.2, -0.15) is 0 Å². The van der Waals surface area contributed by atoms with Crippen LogP contribution in [0, 0.1) is 5.82 Å². The number of pyridine rings is 1. The average molecular weight is 578 g/mol. The lowest BCUT2D eigenvalue weighted by Gasteiger charge is -2.23. The van der Waals surface area contributed by atoms with Crippen molar-refractivity contribution in [3.05, 3.63) is 65.7 Å². The molecule has 1 aliphatic heterocycles. The molecule has 0 unspecified atom stereocenters. The summed E-state index contributed by atoms with van der Waals surface area (Å²) >= 11 is 0. The van der Waals surface area contributed by atoms with Gasteiger partial charge < -0.3 is 24.4 Å². The molecule has 0 atom stereocenters. The second-order valence-electron chi connectivity index (χ2n) is 9.51. The lowest BCUT2D eigenvalue weighted by molar-refractivity contribution is 0.0910. The van der Waals surface area contributed by atoms with Gasteiger partial charge in [0.2, 0.25) is 15.8 Å². The van der Waals surface area contributed by atoms with Gasteiger partial charge in [-0.3, -0.25) is 13.9 Å². The molecule has 0 bridgehead atoms. The molecular formula is C28H24FN5O6S. The van der Waals surface area contributed by atoms with Crippen LogP contribution in [0.4, 0.5) is 10.1 Å². The van der Waals surface area contributed by atoms with E-state index in [-0.39, 0.29) is 40.5 Å². The van der Waals surface area contributed by atoms with Gasteiger partial charge in [0, 0.05) is 43.5 Å². The van der Waals surface area contributed by atoms with E-state index in [1.165, 1.54) is 33.3 Å². The summed E-state index contributed by atoms with van der Waals surface area (Å²) in [5.74, 6) is -1.30. The van der Waals surface area contributed by atoms with Crippen LogP contribution in [-0.4, -0.2) is 57.2 Å². The van der Waals surface area contributed by atoms with Crippen molar-refractivity contribution in [2.24, 2.45) is 0 Å². The van der Waals surface area contributed by atoms with Gasteiger partial charge in [-0.25, -0.2) is 17.8 Å². The molecule has 210 valence electrons. The zero-order valence-electron chi connectivity index (χ0n) is 22.4. The number of rotatable bonds is 5. The van der Waals surface area contributed by atoms with E-state index in [4.69, 9.17) is 14.1 Å². The number of nitrogens with one attached hydrogen (secondary N) is 2. The van der Waals surface area contributed by atoms with Crippen molar-refractivity contribution in [1.29, 1.82) is 0 Å². The summed E-state index contributed by atoms with van der Waals surface area (Å²) in [6, 6.07) is 12.9. The predicted octanol–water partition coefficient (Wildman–Crippen LogP) is 3.72. The molecule has 0 radical (unpaired) electrons. The van der Waals surface area contributed by atoms with Crippen LogP contribution in [0.15, 0.2) is 52.9 Å². The van der Waals surface area contributed by atoms with Crippen LogP contribution in [0.3, 0.4) is 0 Å². The molecule has 11 nitrogen and oxygen atoms in total. The number of hydrogen-bond acceptors (Lipinski definition) is 7. The first-order chi connectivity index (χ1) is 19.5. The Bertz CT molecular complexity index is 2030. The summed E-state index contributed by atoms with van der Waals surface area (Å²) in [4.78, 5) is 30.3. The molecule has 41 heavy (non-hydrogen) atoms. The SMILES string of the molecule is CNC(=O)c1oc2cc(N(C)S(C)(=O)=O)c(-c3ccc4c(n3)-c3cc5c(F)cccc5n3CO4)cc2c1C(=O)NC. The molecule has 2 N–H and O–H groups in total. The lowest BCUT2D eigenvalue weighted by Crippen LogP contribution is -2.25. The minimum Gasteiger partial charge on any atom is -0.470 e. The van der Waals surface area contributed by atoms with Crippen molar-refractivity contribution in [2.45, 2.75) is 6.73 Å². The number of hydrogen-bond donors (Lipinski definition) is 2. The number of carbonyl (C=O) groups is 2. The Balaban J connectivity index is 1.64. The molecule has 3 aromatic heterocycles. The summed E-state index contributed by atoms with van der Waals surface area (Å²) in [6.07, 6.45) is 1.05. The third kappa shape index (κ3) is 4.08. The van der Waals surface area contributed by atoms with Gasteiger partial charge in [0.1, 0.15) is 22.8 Å². The fourth-order valence-corrected chi connectivity index (χ4v) is 5.52. The van der Waals surface area contributed by atoms with Crippen LogP contribution >= 0.6 is 0 Å². The van der Waals surface area contributed by atoms with Gasteiger partial charge in [-0.1, -0.05) is 6.07 Å². The standard InChI is InChI=1S/C28H24FN5O6S/c1-30-27(35)24-16-10-15(20(33(3)41(4,37)38)12-23(16)40-26(24)28(36)31-2)18-8-9-22-25(32-18)21-11-14-17(29)6-5-7-19(14)34(21)13-39-22/h5-12H,13H2,1-4H3,(H,30,35)(H,31,36). The maximum Gasteiger partial charge on any atom is 0.287 e. The monoisotopic (exact) mass is 577 g/mol. The van der Waals surface area contributed by atoms with Crippen molar-refractivity contribution in [3.8, 4) is 28.4 Å². The van der Waals surface area contributed by atoms with Crippen LogP contribution in [0.1, 0.15) is 20.9 Å². The van der Waals surface area contributed by atoms with Crippen LogP contribution < -0.4 is 19.7 Å². The molecule has 6 rings (SSSR count). The molecule has 4 heterocycles. The summed E-state index contributed by atoms with van der Waals surface area (Å²) in [6.45, 7) is 0.164. The van der Waals surface area contributed by atoms with Crippen molar-refractivity contribution in [1.82, 2.24) is 20.2 Å². The van der Waals surface area contributed by atoms with Crippen molar-refractivity contribution in [2.75, 3.05) is 31.7 Å². The quantitative estimate of drug-likeness (QED) is 0.325. The Morgan fingerprint density at radius 3 is 2.51 bits per heavy atom. The largest absolute Gasteiger partial charge is 0.470 e. The van der Waals surface area contributed by atoms with Gasteiger partial charge in [0.15, 0.2) is 6.73 Å². The number of aromatic nitrogens is 2. The number of anilines is 1. The van der Waals surface area contributed by atoms with E-state index in [9.17, 15) is 22.4 Å². The Labute approximate surface area is 233 Å². The highest BCUT2D eigenvalue weighted by Crippen LogP contribution is 2.42. The molecule has 0 aliphatic carbocycles. The second kappa shape index (κ2) is 9.34. The van der Waals surface area contributed by atoms with Crippen molar-refractivity contribution in [3.63, 3.8) is 0 Å². The van der Waals surface area contributed by atoms with Gasteiger partial charge in [-0.05, 0) is 36.4 Å². The van der Waals surface area contributed by atoms with E-state index in [1.807, 2.05) is 0 Å². The van der Waals surface area contributed by atoms with E-state index in [2.05, 4.69) is 10.6 Å². The first-order valence-corrected chi connectivity index (χ1v) is 14.3. The number of benzene rings is 2. The highest BCUT2D eigenvalue weighted by Gasteiger charge is 2.29. The first-order valence-electron chi connectivity index (χ1n) is 12.4. The molecule has 2 aromatic carbocycles. The Morgan fingerprint density at radius 2 is 1.80 bits per heavy atom. The molecule has 0 saturated carbocycles. The third-order valence-corrected chi connectivity index (χ3v) is 8.34. The zero-order chi connectivity index (χ0) is 29.2. The minimum atomic E-state index is -3.75. The molecule has 0 spiro atoms. The number of amides is 2. The number of furan rings is 1. The molecule has 5 aromatic rings. The zero-order valence-corrected chi connectivity index (χ0v) is 23.2. The normalized spacial score (nSPS) is 12.5. The van der Waals surface area contributed by atoms with E-state index >= 15 is 0 Å². The van der Waals surface area contributed by atoms with Crippen LogP contribution in [0.2, 0.25) is 0 Å². The Morgan fingerprint density at radius 1 is 1.05 bits per heavy atom. The predicted molar refractivity (Wildman–Crippen MR) is 151 cm³/mol. The highest BCUT2D eigenvalue weighted by molar-refractivity contribution is 7.92. The molecule has 13 heteroatoms. The summed E-state index contributed by atoms with van der Waals surface area (Å²) < 4.78 is 54.5. The minimum absolute atomic E-state index is 0.00597. The number of sulfonamides is 1. The lowest BCUT2D eigenvalue weighted by atomic mass is 10.0. The number of nitrogens with zero attached hydrogens (tertiary/aromatic N) is 3. The van der Waals surface area contributed by atoms with Crippen LogP contribution in [-0.2, 0) is 16.8 Å². The van der Waals surface area contributed by atoms with Gasteiger partial charge in [-0.15, -0.1) is 0 Å². The number of fused-ring (bicyclic) bond motifs is 6. The van der Waals surface area contributed by atoms with Gasteiger partial charge >= 0.3 is 0 Å². The second-order valence-corrected chi connectivity index (χ2v) is 11.5. The molecular weight excluding hydrogens is 553 g/mol. The van der Waals surface area contributed by atoms with Crippen molar-refractivity contribution >= 4 is 49.4 Å². The molecule has 0 fully saturated rings.